The third kappa shape index (κ3) is 2.42. The van der Waals surface area contributed by atoms with E-state index in [9.17, 15) is 0 Å². The average molecular weight is 265 g/mol. The van der Waals surface area contributed by atoms with Gasteiger partial charge < -0.3 is 15.0 Å². The molecule has 1 aliphatic rings. The van der Waals surface area contributed by atoms with E-state index in [1.807, 2.05) is 0 Å². The van der Waals surface area contributed by atoms with Gasteiger partial charge in [-0.25, -0.2) is 0 Å². The predicted octanol–water partition coefficient (Wildman–Crippen LogP) is -0.170. The number of nitrogens with one attached hydrogen (secondary N) is 1. The second-order valence-electron chi connectivity index (χ2n) is 4.25. The summed E-state index contributed by atoms with van der Waals surface area (Å²) in [4.78, 5) is 10.5. The van der Waals surface area contributed by atoms with Crippen LogP contribution in [0.25, 0.3) is 11.7 Å². The number of nitrogens with two attached hydrogens (primary N) is 1. The highest BCUT2D eigenvalue weighted by atomic mass is 16.5. The maximum absolute atomic E-state index is 5.65. The minimum absolute atomic E-state index is 0.140. The zero-order chi connectivity index (χ0) is 13.2. The molecule has 0 bridgehead atoms. The minimum atomic E-state index is -0.175. The molecule has 0 aromatic carbocycles. The third-order valence-corrected chi connectivity index (χ3v) is 3.03. The second kappa shape index (κ2) is 4.94. The molecular weight excluding hydrogens is 250 g/mol. The summed E-state index contributed by atoms with van der Waals surface area (Å²) in [6, 6.07) is 0. The van der Waals surface area contributed by atoms with Gasteiger partial charge in [-0.3, -0.25) is 10.00 Å². The van der Waals surface area contributed by atoms with Crippen molar-refractivity contribution in [2.45, 2.75) is 13.0 Å². The standard InChI is InChI=1S/C10H15N7O2/c1-2-17-3-4-18-6(5-17)7-12-9(19-16-7)8-13-10(11)15-14-8/h6H,2-5H2,1H3,(H3,11,13,14,15). The van der Waals surface area contributed by atoms with Crippen molar-refractivity contribution in [1.29, 1.82) is 0 Å². The number of ether oxygens (including phenoxy) is 1. The van der Waals surface area contributed by atoms with E-state index in [0.717, 1.165) is 19.6 Å². The Morgan fingerprint density at radius 1 is 1.47 bits per heavy atom. The molecule has 9 nitrogen and oxygen atoms in total. The normalized spacial score (nSPS) is 20.8. The molecule has 1 aliphatic heterocycles. The van der Waals surface area contributed by atoms with Crippen LogP contribution in [-0.4, -0.2) is 56.5 Å². The van der Waals surface area contributed by atoms with Gasteiger partial charge in [0.2, 0.25) is 17.6 Å². The fraction of sp³-hybridized carbons (Fsp3) is 0.600. The van der Waals surface area contributed by atoms with Crippen molar-refractivity contribution in [3.63, 3.8) is 0 Å². The van der Waals surface area contributed by atoms with Crippen LogP contribution >= 0.6 is 0 Å². The van der Waals surface area contributed by atoms with Crippen molar-refractivity contribution < 1.29 is 9.26 Å². The summed E-state index contributed by atoms with van der Waals surface area (Å²) < 4.78 is 10.8. The summed E-state index contributed by atoms with van der Waals surface area (Å²) in [5, 5.41) is 10.3. The Hall–Kier alpha value is -2.00. The van der Waals surface area contributed by atoms with Gasteiger partial charge in [-0.05, 0) is 6.54 Å². The van der Waals surface area contributed by atoms with E-state index >= 15 is 0 Å². The lowest BCUT2D eigenvalue weighted by Crippen LogP contribution is -2.38. The molecule has 9 heteroatoms. The number of anilines is 1. The molecule has 3 heterocycles. The van der Waals surface area contributed by atoms with Gasteiger partial charge in [-0.15, -0.1) is 5.10 Å². The monoisotopic (exact) mass is 265 g/mol. The van der Waals surface area contributed by atoms with Gasteiger partial charge in [0, 0.05) is 13.1 Å². The highest BCUT2D eigenvalue weighted by Crippen LogP contribution is 2.22. The quantitative estimate of drug-likeness (QED) is 0.785. The Balaban J connectivity index is 1.77. The molecule has 0 saturated carbocycles. The summed E-state index contributed by atoms with van der Waals surface area (Å²) in [5.41, 5.74) is 5.43. The van der Waals surface area contributed by atoms with Crippen LogP contribution in [0, 0.1) is 0 Å². The summed E-state index contributed by atoms with van der Waals surface area (Å²) in [7, 11) is 0. The first-order valence-electron chi connectivity index (χ1n) is 6.12. The van der Waals surface area contributed by atoms with Gasteiger partial charge in [-0.2, -0.15) is 9.97 Å². The third-order valence-electron chi connectivity index (χ3n) is 3.03. The Morgan fingerprint density at radius 3 is 3.11 bits per heavy atom. The average Bonchev–Trinajstić information content (AvgIpc) is 3.07. The van der Waals surface area contributed by atoms with Gasteiger partial charge in [0.1, 0.15) is 6.10 Å². The molecule has 0 aliphatic carbocycles. The predicted molar refractivity (Wildman–Crippen MR) is 64.9 cm³/mol. The number of aromatic amines is 1. The van der Waals surface area contributed by atoms with Gasteiger partial charge in [0.15, 0.2) is 0 Å². The number of nitrogens with zero attached hydrogens (tertiary/aromatic N) is 5. The van der Waals surface area contributed by atoms with Crippen LogP contribution in [0.2, 0.25) is 0 Å². The number of hydrogen-bond acceptors (Lipinski definition) is 8. The topological polar surface area (TPSA) is 119 Å². The Bertz CT molecular complexity index is 552. The van der Waals surface area contributed by atoms with E-state index in [-0.39, 0.29) is 17.9 Å². The molecule has 1 atom stereocenters. The van der Waals surface area contributed by atoms with Crippen molar-refractivity contribution in [3.05, 3.63) is 5.82 Å². The zero-order valence-corrected chi connectivity index (χ0v) is 10.5. The Morgan fingerprint density at radius 2 is 2.37 bits per heavy atom. The molecule has 0 amide bonds. The SMILES string of the molecule is CCN1CCOC(c2noc(-c3nc(N)n[nH]3)n2)C1. The maximum atomic E-state index is 5.65. The lowest BCUT2D eigenvalue weighted by atomic mass is 10.2. The van der Waals surface area contributed by atoms with Gasteiger partial charge >= 0.3 is 0 Å². The van der Waals surface area contributed by atoms with Crippen molar-refractivity contribution in [2.75, 3.05) is 32.0 Å². The molecule has 2 aromatic rings. The zero-order valence-electron chi connectivity index (χ0n) is 10.5. The Kier molecular flexibility index (Phi) is 3.13. The largest absolute Gasteiger partial charge is 0.367 e. The number of morpholine rings is 1. The van der Waals surface area contributed by atoms with Gasteiger partial charge in [0.05, 0.1) is 6.61 Å². The van der Waals surface area contributed by atoms with Crippen molar-refractivity contribution in [2.24, 2.45) is 0 Å². The number of likely N-dealkylation sites (N-methyl/N-ethyl adjacent to an activating group) is 1. The van der Waals surface area contributed by atoms with Crippen LogP contribution < -0.4 is 5.73 Å². The van der Waals surface area contributed by atoms with E-state index in [1.54, 1.807) is 0 Å². The number of aromatic nitrogens is 5. The summed E-state index contributed by atoms with van der Waals surface area (Å²) in [6.45, 7) is 5.44. The van der Waals surface area contributed by atoms with Crippen LogP contribution in [0.1, 0.15) is 18.9 Å². The van der Waals surface area contributed by atoms with E-state index in [1.165, 1.54) is 0 Å². The fourth-order valence-corrected chi connectivity index (χ4v) is 1.98. The van der Waals surface area contributed by atoms with E-state index in [2.05, 4.69) is 37.1 Å². The lowest BCUT2D eigenvalue weighted by molar-refractivity contribution is -0.0334. The van der Waals surface area contributed by atoms with Crippen molar-refractivity contribution >= 4 is 5.95 Å². The van der Waals surface area contributed by atoms with Crippen LogP contribution in [0.4, 0.5) is 5.95 Å². The number of nitrogen functional groups attached to an aromatic ring is 1. The van der Waals surface area contributed by atoms with Crippen LogP contribution in [0.3, 0.4) is 0 Å². The Labute approximate surface area is 109 Å². The molecule has 3 N–H and O–H groups in total. The number of H-pyrrole nitrogens is 1. The maximum Gasteiger partial charge on any atom is 0.295 e. The molecule has 3 rings (SSSR count). The molecule has 0 spiro atoms. The summed E-state index contributed by atoms with van der Waals surface area (Å²) in [6.07, 6.45) is -0.175. The highest BCUT2D eigenvalue weighted by molar-refractivity contribution is 5.41. The first-order valence-corrected chi connectivity index (χ1v) is 6.12. The minimum Gasteiger partial charge on any atom is -0.367 e. The fourth-order valence-electron chi connectivity index (χ4n) is 1.98. The number of hydrogen-bond donors (Lipinski definition) is 2. The number of rotatable bonds is 3. The smallest absolute Gasteiger partial charge is 0.295 e. The van der Waals surface area contributed by atoms with Crippen LogP contribution in [0.15, 0.2) is 4.52 Å². The first kappa shape index (κ1) is 12.1. The summed E-state index contributed by atoms with van der Waals surface area (Å²) >= 11 is 0. The van der Waals surface area contributed by atoms with Crippen molar-refractivity contribution in [1.82, 2.24) is 30.2 Å². The molecule has 102 valence electrons. The van der Waals surface area contributed by atoms with E-state index < -0.39 is 0 Å². The van der Waals surface area contributed by atoms with E-state index in [4.69, 9.17) is 15.0 Å². The van der Waals surface area contributed by atoms with Crippen molar-refractivity contribution in [3.8, 4) is 11.7 Å². The molecule has 19 heavy (non-hydrogen) atoms. The first-order chi connectivity index (χ1) is 9.26. The highest BCUT2D eigenvalue weighted by Gasteiger charge is 2.26. The lowest BCUT2D eigenvalue weighted by Gasteiger charge is -2.30. The molecule has 2 aromatic heterocycles. The second-order valence-corrected chi connectivity index (χ2v) is 4.25. The molecule has 0 radical (unpaired) electrons. The molecule has 1 saturated heterocycles. The van der Waals surface area contributed by atoms with E-state index in [0.29, 0.717) is 18.3 Å². The van der Waals surface area contributed by atoms with Crippen LogP contribution in [-0.2, 0) is 4.74 Å². The molecular formula is C10H15N7O2. The molecule has 1 unspecified atom stereocenters. The van der Waals surface area contributed by atoms with Crippen LogP contribution in [0.5, 0.6) is 0 Å². The summed E-state index contributed by atoms with van der Waals surface area (Å²) in [5.74, 6) is 1.28. The van der Waals surface area contributed by atoms with Gasteiger partial charge in [0.25, 0.3) is 5.89 Å². The van der Waals surface area contributed by atoms with Gasteiger partial charge in [-0.1, -0.05) is 12.1 Å². The molecule has 1 fully saturated rings.